The Hall–Kier alpha value is -1.000. The van der Waals surface area contributed by atoms with Gasteiger partial charge in [-0.2, -0.15) is 0 Å². The summed E-state index contributed by atoms with van der Waals surface area (Å²) in [5, 5.41) is 4.35. The summed E-state index contributed by atoms with van der Waals surface area (Å²) in [4.78, 5) is 4.17. The predicted octanol–water partition coefficient (Wildman–Crippen LogP) is 4.55. The molecule has 3 nitrogen and oxygen atoms in total. The van der Waals surface area contributed by atoms with Gasteiger partial charge in [-0.3, -0.25) is 0 Å². The topological polar surface area (TPSA) is 34.2 Å². The quantitative estimate of drug-likeness (QED) is 0.898. The number of benzene rings is 1. The SMILES string of the molecule is CNCc1cnc(Oc2ccc(Cl)c(Cl)c2)c(Cl)c1. The molecule has 0 aliphatic carbocycles. The Morgan fingerprint density at radius 1 is 1.11 bits per heavy atom. The van der Waals surface area contributed by atoms with E-state index in [9.17, 15) is 0 Å². The van der Waals surface area contributed by atoms with Crippen molar-refractivity contribution in [2.45, 2.75) is 6.54 Å². The minimum atomic E-state index is 0.333. The summed E-state index contributed by atoms with van der Waals surface area (Å²) < 4.78 is 5.57. The second-order valence-corrected chi connectivity index (χ2v) is 5.06. The van der Waals surface area contributed by atoms with Gasteiger partial charge in [-0.15, -0.1) is 0 Å². The van der Waals surface area contributed by atoms with E-state index in [1.807, 2.05) is 7.05 Å². The van der Waals surface area contributed by atoms with Gasteiger partial charge in [0.15, 0.2) is 0 Å². The molecule has 0 atom stereocenters. The predicted molar refractivity (Wildman–Crippen MR) is 78.5 cm³/mol. The number of ether oxygens (including phenoxy) is 1. The first-order valence-electron chi connectivity index (χ1n) is 5.52. The summed E-state index contributed by atoms with van der Waals surface area (Å²) in [5.74, 6) is 0.866. The molecule has 0 saturated heterocycles. The van der Waals surface area contributed by atoms with Crippen LogP contribution in [0.5, 0.6) is 11.6 Å². The maximum atomic E-state index is 6.11. The van der Waals surface area contributed by atoms with Gasteiger partial charge < -0.3 is 10.1 Å². The van der Waals surface area contributed by atoms with E-state index in [4.69, 9.17) is 39.5 Å². The third-order valence-electron chi connectivity index (χ3n) is 2.35. The number of rotatable bonds is 4. The molecule has 1 N–H and O–H groups in total. The maximum absolute atomic E-state index is 6.11. The summed E-state index contributed by atoms with van der Waals surface area (Å²) in [6.07, 6.45) is 1.70. The minimum Gasteiger partial charge on any atom is -0.437 e. The van der Waals surface area contributed by atoms with Gasteiger partial charge >= 0.3 is 0 Å². The fourth-order valence-electron chi connectivity index (χ4n) is 1.49. The fourth-order valence-corrected chi connectivity index (χ4v) is 2.01. The van der Waals surface area contributed by atoms with E-state index in [1.54, 1.807) is 30.5 Å². The molecular formula is C13H11Cl3N2O. The summed E-state index contributed by atoms with van der Waals surface area (Å²) >= 11 is 17.9. The lowest BCUT2D eigenvalue weighted by Crippen LogP contribution is -2.05. The van der Waals surface area contributed by atoms with Crippen LogP contribution in [0.2, 0.25) is 15.1 Å². The second kappa shape index (κ2) is 6.44. The molecule has 2 rings (SSSR count). The Morgan fingerprint density at radius 2 is 1.89 bits per heavy atom. The zero-order chi connectivity index (χ0) is 13.8. The number of hydrogen-bond donors (Lipinski definition) is 1. The molecule has 19 heavy (non-hydrogen) atoms. The smallest absolute Gasteiger partial charge is 0.238 e. The number of nitrogens with zero attached hydrogens (tertiary/aromatic N) is 1. The third kappa shape index (κ3) is 3.74. The number of pyridine rings is 1. The first-order valence-corrected chi connectivity index (χ1v) is 6.65. The molecule has 0 amide bonds. The molecule has 0 bridgehead atoms. The van der Waals surface area contributed by atoms with Crippen molar-refractivity contribution >= 4 is 34.8 Å². The molecule has 0 saturated carbocycles. The van der Waals surface area contributed by atoms with Crippen molar-refractivity contribution in [2.24, 2.45) is 0 Å². The maximum Gasteiger partial charge on any atom is 0.238 e. The Morgan fingerprint density at radius 3 is 2.53 bits per heavy atom. The molecule has 0 fully saturated rings. The fraction of sp³-hybridized carbons (Fsp3) is 0.154. The van der Waals surface area contributed by atoms with Gasteiger partial charge in [0.1, 0.15) is 10.8 Å². The monoisotopic (exact) mass is 316 g/mol. The zero-order valence-electron chi connectivity index (χ0n) is 10.1. The van der Waals surface area contributed by atoms with Gasteiger partial charge in [-0.1, -0.05) is 34.8 Å². The largest absolute Gasteiger partial charge is 0.437 e. The highest BCUT2D eigenvalue weighted by Crippen LogP contribution is 2.31. The van der Waals surface area contributed by atoms with E-state index < -0.39 is 0 Å². The molecule has 1 aromatic heterocycles. The van der Waals surface area contributed by atoms with Gasteiger partial charge in [-0.25, -0.2) is 4.98 Å². The van der Waals surface area contributed by atoms with Crippen molar-refractivity contribution in [3.8, 4) is 11.6 Å². The highest BCUT2D eigenvalue weighted by atomic mass is 35.5. The average Bonchev–Trinajstić information content (AvgIpc) is 2.37. The highest BCUT2D eigenvalue weighted by Gasteiger charge is 2.07. The van der Waals surface area contributed by atoms with Crippen LogP contribution in [0.3, 0.4) is 0 Å². The molecule has 0 aliphatic heterocycles. The van der Waals surface area contributed by atoms with Crippen LogP contribution in [0.25, 0.3) is 0 Å². The molecule has 0 unspecified atom stereocenters. The molecule has 0 aliphatic rings. The average molecular weight is 318 g/mol. The molecule has 0 spiro atoms. The Labute approximate surface area is 126 Å². The van der Waals surface area contributed by atoms with E-state index in [2.05, 4.69) is 10.3 Å². The van der Waals surface area contributed by atoms with Gasteiger partial charge in [0.2, 0.25) is 5.88 Å². The van der Waals surface area contributed by atoms with Crippen LogP contribution >= 0.6 is 34.8 Å². The first kappa shape index (κ1) is 14.4. The number of halogens is 3. The van der Waals surface area contributed by atoms with Gasteiger partial charge in [-0.05, 0) is 30.8 Å². The Bertz CT molecular complexity index is 590. The van der Waals surface area contributed by atoms with Crippen molar-refractivity contribution in [2.75, 3.05) is 7.05 Å². The normalized spacial score (nSPS) is 10.5. The molecule has 100 valence electrons. The van der Waals surface area contributed by atoms with Crippen LogP contribution in [-0.4, -0.2) is 12.0 Å². The summed E-state index contributed by atoms with van der Waals surface area (Å²) in [5.41, 5.74) is 0.981. The van der Waals surface area contributed by atoms with Crippen molar-refractivity contribution in [3.63, 3.8) is 0 Å². The van der Waals surface area contributed by atoms with Crippen molar-refractivity contribution in [3.05, 3.63) is 51.1 Å². The Balaban J connectivity index is 2.20. The second-order valence-electron chi connectivity index (χ2n) is 3.84. The van der Waals surface area contributed by atoms with E-state index in [0.29, 0.717) is 33.2 Å². The minimum absolute atomic E-state index is 0.333. The summed E-state index contributed by atoms with van der Waals surface area (Å²) in [6.45, 7) is 0.694. The highest BCUT2D eigenvalue weighted by molar-refractivity contribution is 6.42. The van der Waals surface area contributed by atoms with Crippen LogP contribution in [0, 0.1) is 0 Å². The van der Waals surface area contributed by atoms with Crippen LogP contribution in [0.4, 0.5) is 0 Å². The van der Waals surface area contributed by atoms with Crippen LogP contribution in [-0.2, 0) is 6.54 Å². The van der Waals surface area contributed by atoms with E-state index in [0.717, 1.165) is 5.56 Å². The molecule has 1 heterocycles. The van der Waals surface area contributed by atoms with Crippen LogP contribution in [0.15, 0.2) is 30.5 Å². The van der Waals surface area contributed by atoms with Gasteiger partial charge in [0.25, 0.3) is 0 Å². The lowest BCUT2D eigenvalue weighted by Gasteiger charge is -2.08. The zero-order valence-corrected chi connectivity index (χ0v) is 12.4. The lowest BCUT2D eigenvalue weighted by atomic mass is 10.3. The van der Waals surface area contributed by atoms with Crippen molar-refractivity contribution in [1.29, 1.82) is 0 Å². The molecule has 1 aromatic carbocycles. The molecule has 0 radical (unpaired) electrons. The summed E-state index contributed by atoms with van der Waals surface area (Å²) in [6, 6.07) is 6.78. The van der Waals surface area contributed by atoms with E-state index in [-0.39, 0.29) is 0 Å². The first-order chi connectivity index (χ1) is 9.10. The lowest BCUT2D eigenvalue weighted by molar-refractivity contribution is 0.462. The van der Waals surface area contributed by atoms with Gasteiger partial charge in [0, 0.05) is 18.8 Å². The standard InChI is InChI=1S/C13H11Cl3N2O/c1-17-6-8-4-12(16)13(18-7-8)19-9-2-3-10(14)11(15)5-9/h2-5,7,17H,6H2,1H3. The molecular weight excluding hydrogens is 307 g/mol. The molecule has 6 heteroatoms. The van der Waals surface area contributed by atoms with E-state index in [1.165, 1.54) is 0 Å². The van der Waals surface area contributed by atoms with Crippen molar-refractivity contribution < 1.29 is 4.74 Å². The third-order valence-corrected chi connectivity index (χ3v) is 3.36. The van der Waals surface area contributed by atoms with E-state index >= 15 is 0 Å². The van der Waals surface area contributed by atoms with Gasteiger partial charge in [0.05, 0.1) is 10.0 Å². The van der Waals surface area contributed by atoms with Crippen molar-refractivity contribution in [1.82, 2.24) is 10.3 Å². The number of nitrogens with one attached hydrogen (secondary N) is 1. The Kier molecular flexibility index (Phi) is 4.88. The number of aromatic nitrogens is 1. The molecule has 2 aromatic rings. The summed E-state index contributed by atoms with van der Waals surface area (Å²) in [7, 11) is 1.86. The van der Waals surface area contributed by atoms with Crippen LogP contribution < -0.4 is 10.1 Å². The van der Waals surface area contributed by atoms with Crippen LogP contribution in [0.1, 0.15) is 5.56 Å². The number of hydrogen-bond acceptors (Lipinski definition) is 3.